The first kappa shape index (κ1) is 17.1. The highest BCUT2D eigenvalue weighted by Gasteiger charge is 2.43. The summed E-state index contributed by atoms with van der Waals surface area (Å²) in [7, 11) is 0. The van der Waals surface area contributed by atoms with E-state index < -0.39 is 5.97 Å². The van der Waals surface area contributed by atoms with E-state index in [1.54, 1.807) is 0 Å². The first-order valence-corrected chi connectivity index (χ1v) is 9.32. The summed E-state index contributed by atoms with van der Waals surface area (Å²) >= 11 is 0. The van der Waals surface area contributed by atoms with Gasteiger partial charge in [-0.1, -0.05) is 30.3 Å². The van der Waals surface area contributed by atoms with Crippen molar-refractivity contribution < 1.29 is 19.4 Å². The van der Waals surface area contributed by atoms with Gasteiger partial charge in [0, 0.05) is 6.61 Å². The SMILES string of the molecule is O=C(O)[C@@H]1C[C@H]1COCC1CC(c2cccc(Oc3ccccc3)c2)C1. The van der Waals surface area contributed by atoms with Crippen molar-refractivity contribution in [2.45, 2.75) is 25.2 Å². The van der Waals surface area contributed by atoms with Gasteiger partial charge in [0.05, 0.1) is 12.5 Å². The second-order valence-corrected chi connectivity index (χ2v) is 7.50. The molecule has 4 rings (SSSR count). The Hall–Kier alpha value is -2.33. The third-order valence-corrected chi connectivity index (χ3v) is 5.47. The summed E-state index contributed by atoms with van der Waals surface area (Å²) in [5, 5.41) is 8.90. The molecule has 1 N–H and O–H groups in total. The fourth-order valence-corrected chi connectivity index (χ4v) is 3.72. The Morgan fingerprint density at radius 1 is 0.962 bits per heavy atom. The summed E-state index contributed by atoms with van der Waals surface area (Å²) in [5.41, 5.74) is 1.32. The highest BCUT2D eigenvalue weighted by Crippen LogP contribution is 2.43. The fourth-order valence-electron chi connectivity index (χ4n) is 3.72. The first-order valence-electron chi connectivity index (χ1n) is 9.32. The van der Waals surface area contributed by atoms with Gasteiger partial charge in [0.15, 0.2) is 0 Å². The van der Waals surface area contributed by atoms with E-state index in [1.807, 2.05) is 36.4 Å². The van der Waals surface area contributed by atoms with Crippen molar-refractivity contribution in [3.05, 3.63) is 60.2 Å². The quantitative estimate of drug-likeness (QED) is 0.747. The molecular formula is C22H24O4. The molecule has 2 aromatic rings. The molecule has 2 aromatic carbocycles. The standard InChI is InChI=1S/C22H24O4/c23-22(24)21-12-18(21)14-25-13-15-9-17(10-15)16-5-4-8-20(11-16)26-19-6-2-1-3-7-19/h1-8,11,15,17-18,21H,9-10,12-14H2,(H,23,24)/t15?,17?,18-,21+/m0/s1. The van der Waals surface area contributed by atoms with E-state index in [2.05, 4.69) is 18.2 Å². The second-order valence-electron chi connectivity index (χ2n) is 7.50. The monoisotopic (exact) mass is 352 g/mol. The van der Waals surface area contributed by atoms with Crippen molar-refractivity contribution in [1.82, 2.24) is 0 Å². The number of carboxylic acids is 1. The fraction of sp³-hybridized carbons (Fsp3) is 0.409. The lowest BCUT2D eigenvalue weighted by molar-refractivity contribution is -0.139. The van der Waals surface area contributed by atoms with Crippen LogP contribution in [0.1, 0.15) is 30.7 Å². The summed E-state index contributed by atoms with van der Waals surface area (Å²) in [4.78, 5) is 10.8. The van der Waals surface area contributed by atoms with Crippen molar-refractivity contribution >= 4 is 5.97 Å². The normalized spacial score (nSPS) is 26.8. The molecule has 2 aliphatic rings. The van der Waals surface area contributed by atoms with E-state index in [0.717, 1.165) is 37.4 Å². The van der Waals surface area contributed by atoms with Crippen LogP contribution in [0.3, 0.4) is 0 Å². The number of carbonyl (C=O) groups is 1. The molecule has 4 nitrogen and oxygen atoms in total. The number of aliphatic carboxylic acids is 1. The van der Waals surface area contributed by atoms with Crippen molar-refractivity contribution in [2.24, 2.45) is 17.8 Å². The van der Waals surface area contributed by atoms with E-state index in [1.165, 1.54) is 5.56 Å². The van der Waals surface area contributed by atoms with Gasteiger partial charge >= 0.3 is 5.97 Å². The predicted octanol–water partition coefficient (Wildman–Crippen LogP) is 4.71. The molecule has 26 heavy (non-hydrogen) atoms. The number of para-hydroxylation sites is 1. The van der Waals surface area contributed by atoms with Crippen LogP contribution in [0.2, 0.25) is 0 Å². The van der Waals surface area contributed by atoms with E-state index >= 15 is 0 Å². The summed E-state index contributed by atoms with van der Waals surface area (Å²) in [6.07, 6.45) is 3.03. The molecule has 0 heterocycles. The molecule has 0 aromatic heterocycles. The zero-order chi connectivity index (χ0) is 17.9. The van der Waals surface area contributed by atoms with Crippen LogP contribution in [-0.2, 0) is 9.53 Å². The van der Waals surface area contributed by atoms with Gasteiger partial charge in [0.1, 0.15) is 11.5 Å². The molecule has 2 saturated carbocycles. The number of ether oxygens (including phenoxy) is 2. The van der Waals surface area contributed by atoms with E-state index in [-0.39, 0.29) is 11.8 Å². The van der Waals surface area contributed by atoms with Crippen LogP contribution < -0.4 is 4.74 Å². The van der Waals surface area contributed by atoms with Gasteiger partial charge in [-0.3, -0.25) is 4.79 Å². The molecule has 0 bridgehead atoms. The van der Waals surface area contributed by atoms with Crippen LogP contribution in [0, 0.1) is 17.8 Å². The minimum atomic E-state index is -0.681. The Morgan fingerprint density at radius 2 is 1.73 bits per heavy atom. The Morgan fingerprint density at radius 3 is 2.46 bits per heavy atom. The molecule has 136 valence electrons. The highest BCUT2D eigenvalue weighted by molar-refractivity contribution is 5.73. The largest absolute Gasteiger partial charge is 0.481 e. The number of carboxylic acid groups (broad SMARTS) is 1. The Bertz CT molecular complexity index is 752. The van der Waals surface area contributed by atoms with Gasteiger partial charge in [-0.2, -0.15) is 0 Å². The molecule has 2 atom stereocenters. The molecule has 0 aliphatic heterocycles. The molecule has 0 unspecified atom stereocenters. The maximum Gasteiger partial charge on any atom is 0.306 e. The zero-order valence-corrected chi connectivity index (χ0v) is 14.7. The van der Waals surface area contributed by atoms with Crippen LogP contribution in [0.15, 0.2) is 54.6 Å². The van der Waals surface area contributed by atoms with Crippen LogP contribution in [0.25, 0.3) is 0 Å². The van der Waals surface area contributed by atoms with Gasteiger partial charge in [-0.05, 0) is 66.8 Å². The molecule has 0 saturated heterocycles. The maximum atomic E-state index is 10.8. The maximum absolute atomic E-state index is 10.8. The van der Waals surface area contributed by atoms with Gasteiger partial charge in [-0.15, -0.1) is 0 Å². The molecule has 2 fully saturated rings. The summed E-state index contributed by atoms with van der Waals surface area (Å²) in [6, 6.07) is 18.2. The molecule has 2 aliphatic carbocycles. The number of hydrogen-bond donors (Lipinski definition) is 1. The summed E-state index contributed by atoms with van der Waals surface area (Å²) in [5.74, 6) is 2.26. The lowest BCUT2D eigenvalue weighted by Gasteiger charge is -2.35. The van der Waals surface area contributed by atoms with Gasteiger partial charge in [0.25, 0.3) is 0 Å². The molecule has 0 radical (unpaired) electrons. The van der Waals surface area contributed by atoms with Crippen LogP contribution >= 0.6 is 0 Å². The zero-order valence-electron chi connectivity index (χ0n) is 14.7. The van der Waals surface area contributed by atoms with Crippen LogP contribution in [0.5, 0.6) is 11.5 Å². The smallest absolute Gasteiger partial charge is 0.306 e. The van der Waals surface area contributed by atoms with Crippen molar-refractivity contribution in [2.75, 3.05) is 13.2 Å². The second kappa shape index (κ2) is 7.50. The predicted molar refractivity (Wildman–Crippen MR) is 98.5 cm³/mol. The van der Waals surface area contributed by atoms with E-state index in [4.69, 9.17) is 14.6 Å². The summed E-state index contributed by atoms with van der Waals surface area (Å²) in [6.45, 7) is 1.35. The molecule has 4 heteroatoms. The lowest BCUT2D eigenvalue weighted by Crippen LogP contribution is -2.26. The Labute approximate surface area is 153 Å². The van der Waals surface area contributed by atoms with Gasteiger partial charge in [-0.25, -0.2) is 0 Å². The van der Waals surface area contributed by atoms with Crippen molar-refractivity contribution in [3.8, 4) is 11.5 Å². The summed E-state index contributed by atoms with van der Waals surface area (Å²) < 4.78 is 11.7. The van der Waals surface area contributed by atoms with Gasteiger partial charge < -0.3 is 14.6 Å². The Kier molecular flexibility index (Phi) is 4.93. The minimum absolute atomic E-state index is 0.170. The first-order chi connectivity index (χ1) is 12.7. The highest BCUT2D eigenvalue weighted by atomic mass is 16.5. The third kappa shape index (κ3) is 4.07. The van der Waals surface area contributed by atoms with Crippen molar-refractivity contribution in [3.63, 3.8) is 0 Å². The minimum Gasteiger partial charge on any atom is -0.481 e. The van der Waals surface area contributed by atoms with Gasteiger partial charge in [0.2, 0.25) is 0 Å². The molecule has 0 amide bonds. The van der Waals surface area contributed by atoms with E-state index in [9.17, 15) is 4.79 Å². The third-order valence-electron chi connectivity index (χ3n) is 5.47. The topological polar surface area (TPSA) is 55.8 Å². The van der Waals surface area contributed by atoms with E-state index in [0.29, 0.717) is 18.4 Å². The average molecular weight is 352 g/mol. The molecule has 0 spiro atoms. The van der Waals surface area contributed by atoms with Crippen LogP contribution in [0.4, 0.5) is 0 Å². The van der Waals surface area contributed by atoms with Crippen molar-refractivity contribution in [1.29, 1.82) is 0 Å². The average Bonchev–Trinajstić information content (AvgIpc) is 3.38. The number of hydrogen-bond acceptors (Lipinski definition) is 3. The number of rotatable bonds is 8. The Balaban J connectivity index is 1.22. The van der Waals surface area contributed by atoms with Crippen LogP contribution in [-0.4, -0.2) is 24.3 Å². The lowest BCUT2D eigenvalue weighted by atomic mass is 9.72. The molecular weight excluding hydrogens is 328 g/mol. The number of benzene rings is 2.